The van der Waals surface area contributed by atoms with Gasteiger partial charge in [0, 0.05) is 5.41 Å². The van der Waals surface area contributed by atoms with Gasteiger partial charge in [-0.1, -0.05) is 26.0 Å². The predicted molar refractivity (Wildman–Crippen MR) is 42.8 cm³/mol. The minimum absolute atomic E-state index is 0.0434. The van der Waals surface area contributed by atoms with Crippen LogP contribution in [-0.2, 0) is 0 Å². The largest absolute Gasteiger partial charge is 0.392 e. The lowest BCUT2D eigenvalue weighted by Crippen LogP contribution is -2.34. The van der Waals surface area contributed by atoms with E-state index in [1.165, 1.54) is 5.57 Å². The van der Waals surface area contributed by atoms with Crippen LogP contribution in [0.5, 0.6) is 0 Å². The third kappa shape index (κ3) is 1.10. The van der Waals surface area contributed by atoms with E-state index in [0.29, 0.717) is 0 Å². The highest BCUT2D eigenvalue weighted by Gasteiger charge is 2.33. The summed E-state index contributed by atoms with van der Waals surface area (Å²) in [6.45, 7) is 8.09. The molecule has 1 N–H and O–H groups in total. The molecule has 1 saturated carbocycles. The van der Waals surface area contributed by atoms with Crippen LogP contribution in [0.1, 0.15) is 33.1 Å². The Bertz CT molecular complexity index is 147. The van der Waals surface area contributed by atoms with E-state index in [1.54, 1.807) is 0 Å². The Morgan fingerprint density at radius 1 is 1.60 bits per heavy atom. The third-order valence-corrected chi connectivity index (χ3v) is 2.70. The molecule has 1 heteroatoms. The number of rotatable bonds is 0. The maximum absolute atomic E-state index is 9.55. The van der Waals surface area contributed by atoms with E-state index < -0.39 is 0 Å². The van der Waals surface area contributed by atoms with Gasteiger partial charge in [-0.2, -0.15) is 0 Å². The van der Waals surface area contributed by atoms with E-state index in [2.05, 4.69) is 20.4 Å². The van der Waals surface area contributed by atoms with E-state index in [1.807, 2.05) is 0 Å². The van der Waals surface area contributed by atoms with E-state index in [4.69, 9.17) is 0 Å². The highest BCUT2D eigenvalue weighted by Crippen LogP contribution is 2.38. The number of aliphatic hydroxyl groups excluding tert-OH is 1. The molecule has 0 heterocycles. The third-order valence-electron chi connectivity index (χ3n) is 2.70. The molecule has 0 bridgehead atoms. The fourth-order valence-electron chi connectivity index (χ4n) is 1.43. The number of hydrogen-bond donors (Lipinski definition) is 1. The van der Waals surface area contributed by atoms with Crippen molar-refractivity contribution in [2.24, 2.45) is 5.41 Å². The molecule has 1 fully saturated rings. The molecule has 1 aliphatic rings. The summed E-state index contributed by atoms with van der Waals surface area (Å²) >= 11 is 0. The van der Waals surface area contributed by atoms with E-state index >= 15 is 0 Å². The molecule has 0 amide bonds. The van der Waals surface area contributed by atoms with Crippen molar-refractivity contribution in [1.82, 2.24) is 0 Å². The van der Waals surface area contributed by atoms with Crippen LogP contribution in [0.3, 0.4) is 0 Å². The average Bonchev–Trinajstić information content (AvgIpc) is 1.84. The second kappa shape index (κ2) is 2.39. The Hall–Kier alpha value is -0.300. The van der Waals surface area contributed by atoms with Gasteiger partial charge >= 0.3 is 0 Å². The van der Waals surface area contributed by atoms with Gasteiger partial charge in [0.15, 0.2) is 0 Å². The molecule has 58 valence electrons. The fourth-order valence-corrected chi connectivity index (χ4v) is 1.43. The van der Waals surface area contributed by atoms with Gasteiger partial charge in [0.25, 0.3) is 0 Å². The number of hydrogen-bond acceptors (Lipinski definition) is 1. The summed E-state index contributed by atoms with van der Waals surface area (Å²) in [6, 6.07) is 0. The zero-order valence-electron chi connectivity index (χ0n) is 6.85. The van der Waals surface area contributed by atoms with Crippen LogP contribution in [0.2, 0.25) is 0 Å². The summed E-state index contributed by atoms with van der Waals surface area (Å²) in [7, 11) is 0. The first kappa shape index (κ1) is 7.80. The van der Waals surface area contributed by atoms with Gasteiger partial charge in [-0.3, -0.25) is 0 Å². The molecule has 1 rings (SSSR count). The molecule has 0 aromatic carbocycles. The molecular weight excluding hydrogens is 124 g/mol. The van der Waals surface area contributed by atoms with E-state index in [0.717, 1.165) is 19.3 Å². The van der Waals surface area contributed by atoms with Crippen molar-refractivity contribution in [2.45, 2.75) is 39.2 Å². The number of aliphatic hydroxyl groups is 1. The molecule has 10 heavy (non-hydrogen) atoms. The summed E-state index contributed by atoms with van der Waals surface area (Å²) in [4.78, 5) is 0. The van der Waals surface area contributed by atoms with Crippen LogP contribution in [-0.4, -0.2) is 11.2 Å². The van der Waals surface area contributed by atoms with Crippen molar-refractivity contribution in [2.75, 3.05) is 0 Å². The quantitative estimate of drug-likeness (QED) is 0.511. The Morgan fingerprint density at radius 2 is 2.20 bits per heavy atom. The maximum Gasteiger partial charge on any atom is 0.0628 e. The second-order valence-corrected chi connectivity index (χ2v) is 3.73. The fraction of sp³-hybridized carbons (Fsp3) is 0.778. The zero-order chi connectivity index (χ0) is 7.78. The minimum atomic E-state index is -0.172. The normalized spacial score (nSPS) is 32.3. The van der Waals surface area contributed by atoms with Crippen LogP contribution >= 0.6 is 0 Å². The molecule has 1 unspecified atom stereocenters. The molecule has 1 nitrogen and oxygen atoms in total. The Morgan fingerprint density at radius 3 is 2.60 bits per heavy atom. The van der Waals surface area contributed by atoms with E-state index in [-0.39, 0.29) is 11.5 Å². The monoisotopic (exact) mass is 140 g/mol. The van der Waals surface area contributed by atoms with E-state index in [9.17, 15) is 5.11 Å². The molecule has 1 aliphatic carbocycles. The van der Waals surface area contributed by atoms with Gasteiger partial charge in [0.2, 0.25) is 0 Å². The molecule has 1 atom stereocenters. The summed E-state index contributed by atoms with van der Waals surface area (Å²) < 4.78 is 0. The van der Waals surface area contributed by atoms with Crippen LogP contribution < -0.4 is 0 Å². The highest BCUT2D eigenvalue weighted by molar-refractivity contribution is 5.12. The maximum atomic E-state index is 9.55. The Kier molecular flexibility index (Phi) is 1.86. The average molecular weight is 140 g/mol. The SMILES string of the molecule is C=C1CCCC(O)C1(C)C. The van der Waals surface area contributed by atoms with Gasteiger partial charge in [0.05, 0.1) is 6.10 Å². The summed E-state index contributed by atoms with van der Waals surface area (Å²) in [5.74, 6) is 0. The van der Waals surface area contributed by atoms with Gasteiger partial charge in [0.1, 0.15) is 0 Å². The first-order valence-electron chi connectivity index (χ1n) is 3.91. The predicted octanol–water partition coefficient (Wildman–Crippen LogP) is 2.11. The van der Waals surface area contributed by atoms with Crippen LogP contribution in [0, 0.1) is 5.41 Å². The highest BCUT2D eigenvalue weighted by atomic mass is 16.3. The van der Waals surface area contributed by atoms with Crippen molar-refractivity contribution in [3.63, 3.8) is 0 Å². The second-order valence-electron chi connectivity index (χ2n) is 3.73. The zero-order valence-corrected chi connectivity index (χ0v) is 6.85. The van der Waals surface area contributed by atoms with Crippen molar-refractivity contribution in [3.05, 3.63) is 12.2 Å². The van der Waals surface area contributed by atoms with Crippen molar-refractivity contribution >= 4 is 0 Å². The summed E-state index contributed by atoms with van der Waals surface area (Å²) in [6.07, 6.45) is 2.95. The molecule has 0 spiro atoms. The first-order valence-corrected chi connectivity index (χ1v) is 3.91. The van der Waals surface area contributed by atoms with Crippen LogP contribution in [0.4, 0.5) is 0 Å². The van der Waals surface area contributed by atoms with Crippen molar-refractivity contribution < 1.29 is 5.11 Å². The lowest BCUT2D eigenvalue weighted by molar-refractivity contribution is 0.0486. The standard InChI is InChI=1S/C9H16O/c1-7-5-4-6-8(10)9(7,2)3/h8,10H,1,4-6H2,2-3H3. The topological polar surface area (TPSA) is 20.2 Å². The molecule has 0 aromatic heterocycles. The first-order chi connectivity index (χ1) is 4.55. The van der Waals surface area contributed by atoms with Crippen molar-refractivity contribution in [3.8, 4) is 0 Å². The van der Waals surface area contributed by atoms with Crippen molar-refractivity contribution in [1.29, 1.82) is 0 Å². The minimum Gasteiger partial charge on any atom is -0.392 e. The smallest absolute Gasteiger partial charge is 0.0628 e. The van der Waals surface area contributed by atoms with Crippen LogP contribution in [0.25, 0.3) is 0 Å². The Labute approximate surface area is 62.8 Å². The van der Waals surface area contributed by atoms with Crippen LogP contribution in [0.15, 0.2) is 12.2 Å². The molecule has 0 saturated heterocycles. The molecular formula is C9H16O. The molecule has 0 aliphatic heterocycles. The Balaban J connectivity index is 2.73. The van der Waals surface area contributed by atoms with Gasteiger partial charge in [-0.05, 0) is 19.3 Å². The summed E-state index contributed by atoms with van der Waals surface area (Å²) in [5.41, 5.74) is 1.16. The summed E-state index contributed by atoms with van der Waals surface area (Å²) in [5, 5.41) is 9.55. The van der Waals surface area contributed by atoms with Gasteiger partial charge in [-0.15, -0.1) is 0 Å². The van der Waals surface area contributed by atoms with Gasteiger partial charge < -0.3 is 5.11 Å². The lowest BCUT2D eigenvalue weighted by Gasteiger charge is -2.37. The molecule has 0 radical (unpaired) electrons. The molecule has 0 aromatic rings. The lowest BCUT2D eigenvalue weighted by atomic mass is 9.72. The van der Waals surface area contributed by atoms with Gasteiger partial charge in [-0.25, -0.2) is 0 Å².